The molecule has 0 unspecified atom stereocenters. The summed E-state index contributed by atoms with van der Waals surface area (Å²) < 4.78 is 6.40. The van der Waals surface area contributed by atoms with Gasteiger partial charge >= 0.3 is 0 Å². The molecule has 1 aliphatic rings. The molecule has 0 atom stereocenters. The number of thiocarbonyl (C=S) groups is 1. The van der Waals surface area contributed by atoms with E-state index >= 15 is 0 Å². The van der Waals surface area contributed by atoms with Crippen molar-refractivity contribution in [1.82, 2.24) is 5.32 Å². The van der Waals surface area contributed by atoms with Gasteiger partial charge in [-0.25, -0.2) is 0 Å². The second-order valence-electron chi connectivity index (χ2n) is 5.22. The van der Waals surface area contributed by atoms with Gasteiger partial charge in [-0.3, -0.25) is 4.79 Å². The lowest BCUT2D eigenvalue weighted by Crippen LogP contribution is -2.17. The first-order valence-corrected chi connectivity index (χ1v) is 8.20. The van der Waals surface area contributed by atoms with Gasteiger partial charge in [0.1, 0.15) is 10.1 Å². The van der Waals surface area contributed by atoms with E-state index in [0.29, 0.717) is 9.23 Å². The molecule has 0 bridgehead atoms. The van der Waals surface area contributed by atoms with Crippen molar-refractivity contribution in [3.63, 3.8) is 0 Å². The van der Waals surface area contributed by atoms with Crippen LogP contribution in [0.4, 0.5) is 0 Å². The molecule has 1 heterocycles. The molecule has 0 aliphatic carbocycles. The van der Waals surface area contributed by atoms with Crippen LogP contribution >= 0.6 is 24.0 Å². The third-order valence-corrected chi connectivity index (χ3v) is 4.37. The van der Waals surface area contributed by atoms with Crippen molar-refractivity contribution in [2.24, 2.45) is 0 Å². The highest BCUT2D eigenvalue weighted by atomic mass is 32.2. The molecule has 1 saturated heterocycles. The first-order chi connectivity index (χ1) is 10.5. The number of benzene rings is 2. The second kappa shape index (κ2) is 6.10. The number of nitrogens with one attached hydrogen (secondary N) is 1. The van der Waals surface area contributed by atoms with Gasteiger partial charge in [0.05, 0.1) is 11.0 Å². The van der Waals surface area contributed by atoms with E-state index in [1.807, 2.05) is 56.3 Å². The summed E-state index contributed by atoms with van der Waals surface area (Å²) in [5.41, 5.74) is 0.911. The van der Waals surface area contributed by atoms with E-state index in [4.69, 9.17) is 17.0 Å². The fourth-order valence-corrected chi connectivity index (χ4v) is 3.36. The van der Waals surface area contributed by atoms with Crippen LogP contribution in [-0.2, 0) is 4.79 Å². The van der Waals surface area contributed by atoms with E-state index in [1.165, 1.54) is 11.8 Å². The van der Waals surface area contributed by atoms with Crippen LogP contribution in [0.2, 0.25) is 0 Å². The summed E-state index contributed by atoms with van der Waals surface area (Å²) in [6.45, 7) is 3.97. The minimum absolute atomic E-state index is 0.0597. The number of hydrogen-bond acceptors (Lipinski definition) is 4. The number of carbonyl (C=O) groups is 1. The molecule has 3 nitrogen and oxygen atoms in total. The number of amides is 1. The molecule has 112 valence electrons. The molecule has 0 spiro atoms. The van der Waals surface area contributed by atoms with Crippen LogP contribution in [-0.4, -0.2) is 16.3 Å². The highest BCUT2D eigenvalue weighted by molar-refractivity contribution is 8.26. The Morgan fingerprint density at radius 1 is 1.23 bits per heavy atom. The molecule has 3 rings (SSSR count). The maximum absolute atomic E-state index is 11.9. The fourth-order valence-electron chi connectivity index (χ4n) is 2.33. The normalized spacial score (nSPS) is 16.6. The van der Waals surface area contributed by atoms with Gasteiger partial charge in [-0.1, -0.05) is 54.3 Å². The standard InChI is InChI=1S/C17H15NO2S2/c1-10(2)20-14-8-7-11-5-3-4-6-12(11)13(14)9-15-16(19)18-17(21)22-15/h3-10H,1-2H3,(H,18,19,21)/b15-9-. The van der Waals surface area contributed by atoms with E-state index < -0.39 is 0 Å². The Bertz CT molecular complexity index is 796. The Balaban J connectivity index is 2.18. The molecular formula is C17H15NO2S2. The van der Waals surface area contributed by atoms with E-state index in [-0.39, 0.29) is 12.0 Å². The minimum atomic E-state index is -0.154. The molecular weight excluding hydrogens is 314 g/mol. The van der Waals surface area contributed by atoms with Gasteiger partial charge in [0, 0.05) is 5.56 Å². The summed E-state index contributed by atoms with van der Waals surface area (Å²) in [4.78, 5) is 12.5. The third kappa shape index (κ3) is 3.00. The molecule has 1 fully saturated rings. The lowest BCUT2D eigenvalue weighted by atomic mass is 10.0. The first-order valence-electron chi connectivity index (χ1n) is 6.98. The van der Waals surface area contributed by atoms with Crippen LogP contribution in [0.25, 0.3) is 16.8 Å². The average molecular weight is 329 g/mol. The molecule has 22 heavy (non-hydrogen) atoms. The minimum Gasteiger partial charge on any atom is -0.490 e. The summed E-state index contributed by atoms with van der Waals surface area (Å²) in [7, 11) is 0. The summed E-state index contributed by atoms with van der Waals surface area (Å²) in [6.07, 6.45) is 1.92. The molecule has 1 amide bonds. The lowest BCUT2D eigenvalue weighted by molar-refractivity contribution is -0.115. The van der Waals surface area contributed by atoms with Gasteiger partial charge in [0.25, 0.3) is 5.91 Å². The van der Waals surface area contributed by atoms with Crippen molar-refractivity contribution in [3.8, 4) is 5.75 Å². The smallest absolute Gasteiger partial charge is 0.263 e. The Morgan fingerprint density at radius 3 is 2.68 bits per heavy atom. The average Bonchev–Trinajstić information content (AvgIpc) is 2.79. The van der Waals surface area contributed by atoms with Crippen molar-refractivity contribution in [3.05, 3.63) is 46.9 Å². The van der Waals surface area contributed by atoms with Crippen LogP contribution < -0.4 is 10.1 Å². The lowest BCUT2D eigenvalue weighted by Gasteiger charge is -2.14. The SMILES string of the molecule is CC(C)Oc1ccc2ccccc2c1/C=C1\SC(=S)NC1=O. The summed E-state index contributed by atoms with van der Waals surface area (Å²) >= 11 is 6.33. The first kappa shape index (κ1) is 15.1. The van der Waals surface area contributed by atoms with Gasteiger partial charge in [-0.2, -0.15) is 0 Å². The Hall–Kier alpha value is -1.85. The maximum atomic E-state index is 11.9. The van der Waals surface area contributed by atoms with E-state index in [2.05, 4.69) is 5.32 Å². The zero-order chi connectivity index (χ0) is 15.7. The van der Waals surface area contributed by atoms with E-state index in [0.717, 1.165) is 22.1 Å². The largest absolute Gasteiger partial charge is 0.490 e. The van der Waals surface area contributed by atoms with Gasteiger partial charge in [-0.15, -0.1) is 0 Å². The number of thioether (sulfide) groups is 1. The van der Waals surface area contributed by atoms with Crippen LogP contribution in [0.5, 0.6) is 5.75 Å². The van der Waals surface area contributed by atoms with Gasteiger partial charge < -0.3 is 10.1 Å². The predicted molar refractivity (Wildman–Crippen MR) is 96.0 cm³/mol. The van der Waals surface area contributed by atoms with Crippen LogP contribution in [0.15, 0.2) is 41.3 Å². The van der Waals surface area contributed by atoms with Crippen molar-refractivity contribution in [2.45, 2.75) is 20.0 Å². The van der Waals surface area contributed by atoms with Crippen molar-refractivity contribution >= 4 is 51.1 Å². The molecule has 1 N–H and O–H groups in total. The van der Waals surface area contributed by atoms with Crippen LogP contribution in [0.3, 0.4) is 0 Å². The van der Waals surface area contributed by atoms with Crippen LogP contribution in [0, 0.1) is 0 Å². The summed E-state index contributed by atoms with van der Waals surface area (Å²) in [5.74, 6) is 0.617. The number of carbonyl (C=O) groups excluding carboxylic acids is 1. The second-order valence-corrected chi connectivity index (χ2v) is 6.94. The quantitative estimate of drug-likeness (QED) is 0.679. The Kier molecular flexibility index (Phi) is 4.18. The molecule has 2 aromatic rings. The molecule has 0 saturated carbocycles. The van der Waals surface area contributed by atoms with Gasteiger partial charge in [0.2, 0.25) is 0 Å². The highest BCUT2D eigenvalue weighted by Crippen LogP contribution is 2.34. The monoisotopic (exact) mass is 329 g/mol. The summed E-state index contributed by atoms with van der Waals surface area (Å²) in [6, 6.07) is 12.0. The third-order valence-electron chi connectivity index (χ3n) is 3.21. The van der Waals surface area contributed by atoms with Gasteiger partial charge in [0.15, 0.2) is 0 Å². The molecule has 2 aromatic carbocycles. The zero-order valence-electron chi connectivity index (χ0n) is 12.3. The zero-order valence-corrected chi connectivity index (χ0v) is 13.9. The van der Waals surface area contributed by atoms with Crippen molar-refractivity contribution < 1.29 is 9.53 Å². The van der Waals surface area contributed by atoms with Crippen molar-refractivity contribution in [1.29, 1.82) is 0 Å². The van der Waals surface area contributed by atoms with Gasteiger partial charge in [-0.05, 0) is 36.8 Å². The topological polar surface area (TPSA) is 38.3 Å². The Morgan fingerprint density at radius 2 is 2.00 bits per heavy atom. The van der Waals surface area contributed by atoms with Crippen LogP contribution in [0.1, 0.15) is 19.4 Å². The van der Waals surface area contributed by atoms with E-state index in [9.17, 15) is 4.79 Å². The number of rotatable bonds is 3. The van der Waals surface area contributed by atoms with Crippen molar-refractivity contribution in [2.75, 3.05) is 0 Å². The number of ether oxygens (including phenoxy) is 1. The Labute approximate surface area is 138 Å². The number of hydrogen-bond donors (Lipinski definition) is 1. The predicted octanol–water partition coefficient (Wildman–Crippen LogP) is 4.12. The number of fused-ring (bicyclic) bond motifs is 1. The highest BCUT2D eigenvalue weighted by Gasteiger charge is 2.23. The summed E-state index contributed by atoms with van der Waals surface area (Å²) in [5, 5.41) is 4.80. The molecule has 0 radical (unpaired) electrons. The molecule has 5 heteroatoms. The fraction of sp³-hybridized carbons (Fsp3) is 0.176. The van der Waals surface area contributed by atoms with E-state index in [1.54, 1.807) is 0 Å². The maximum Gasteiger partial charge on any atom is 0.263 e. The molecule has 1 aliphatic heterocycles. The molecule has 0 aromatic heterocycles.